The summed E-state index contributed by atoms with van der Waals surface area (Å²) in [5.41, 5.74) is 7.87. The average Bonchev–Trinajstić information content (AvgIpc) is 3.14. The molecule has 4 rings (SSSR count). The number of benzene rings is 2. The molecule has 4 heteroatoms. The van der Waals surface area contributed by atoms with Crippen molar-refractivity contribution < 1.29 is 9.18 Å². The molecule has 1 aliphatic rings. The molecule has 0 radical (unpaired) electrons. The average molecular weight is 310 g/mol. The molecule has 3 nitrogen and oxygen atoms in total. The van der Waals surface area contributed by atoms with Gasteiger partial charge in [-0.2, -0.15) is 0 Å². The van der Waals surface area contributed by atoms with Gasteiger partial charge in [0.05, 0.1) is 5.52 Å². The third kappa shape index (κ3) is 2.29. The molecule has 0 aliphatic heterocycles. The quantitative estimate of drug-likeness (QED) is 0.773. The van der Waals surface area contributed by atoms with Crippen molar-refractivity contribution in [3.05, 3.63) is 47.8 Å². The molecule has 0 unspecified atom stereocenters. The molecule has 0 spiro atoms. The van der Waals surface area contributed by atoms with E-state index >= 15 is 0 Å². The molecule has 2 aromatic carbocycles. The van der Waals surface area contributed by atoms with Crippen molar-refractivity contribution in [1.29, 1.82) is 0 Å². The number of nitrogens with zero attached hydrogens (tertiary/aromatic N) is 1. The van der Waals surface area contributed by atoms with Gasteiger partial charge in [0.2, 0.25) is 5.91 Å². The lowest BCUT2D eigenvalue weighted by Gasteiger charge is -2.13. The summed E-state index contributed by atoms with van der Waals surface area (Å²) in [7, 11) is 0. The molecule has 0 bridgehead atoms. The van der Waals surface area contributed by atoms with Crippen molar-refractivity contribution in [3.8, 4) is 0 Å². The van der Waals surface area contributed by atoms with E-state index in [2.05, 4.69) is 4.57 Å². The number of carbonyl (C=O) groups excluding carboxylic acids is 1. The Labute approximate surface area is 133 Å². The fraction of sp³-hybridized carbons (Fsp3) is 0.316. The van der Waals surface area contributed by atoms with E-state index in [1.807, 2.05) is 12.1 Å². The first-order chi connectivity index (χ1) is 11.1. The summed E-state index contributed by atoms with van der Waals surface area (Å²) in [6.07, 6.45) is 4.96. The topological polar surface area (TPSA) is 48.0 Å². The van der Waals surface area contributed by atoms with E-state index in [1.165, 1.54) is 31.7 Å². The van der Waals surface area contributed by atoms with Crippen molar-refractivity contribution >= 4 is 27.7 Å². The molecule has 1 aliphatic carbocycles. The minimum atomic E-state index is -0.445. The zero-order chi connectivity index (χ0) is 16.0. The van der Waals surface area contributed by atoms with E-state index in [1.54, 1.807) is 18.2 Å². The van der Waals surface area contributed by atoms with Crippen LogP contribution in [0.4, 0.5) is 4.39 Å². The van der Waals surface area contributed by atoms with Crippen LogP contribution < -0.4 is 5.73 Å². The lowest BCUT2D eigenvalue weighted by Crippen LogP contribution is -2.11. The summed E-state index contributed by atoms with van der Waals surface area (Å²) < 4.78 is 16.0. The van der Waals surface area contributed by atoms with E-state index in [4.69, 9.17) is 5.73 Å². The van der Waals surface area contributed by atoms with Gasteiger partial charge in [-0.1, -0.05) is 18.9 Å². The maximum Gasteiger partial charge on any atom is 0.249 e. The molecule has 1 heterocycles. The number of amides is 1. The maximum absolute atomic E-state index is 13.8. The van der Waals surface area contributed by atoms with E-state index in [9.17, 15) is 9.18 Å². The molecule has 0 saturated heterocycles. The van der Waals surface area contributed by atoms with Gasteiger partial charge in [-0.05, 0) is 49.1 Å². The molecule has 2 N–H and O–H groups in total. The Bertz CT molecular complexity index is 907. The summed E-state index contributed by atoms with van der Waals surface area (Å²) in [6.45, 7) is 0.867. The summed E-state index contributed by atoms with van der Waals surface area (Å²) in [4.78, 5) is 11.8. The molecule has 118 valence electrons. The Morgan fingerprint density at radius 1 is 1.17 bits per heavy atom. The van der Waals surface area contributed by atoms with E-state index in [-0.39, 0.29) is 5.82 Å². The van der Waals surface area contributed by atoms with E-state index < -0.39 is 5.91 Å². The van der Waals surface area contributed by atoms with Gasteiger partial charge >= 0.3 is 0 Å². The van der Waals surface area contributed by atoms with E-state index in [0.717, 1.165) is 28.4 Å². The molecule has 23 heavy (non-hydrogen) atoms. The van der Waals surface area contributed by atoms with Gasteiger partial charge in [-0.25, -0.2) is 4.39 Å². The fourth-order valence-electron chi connectivity index (χ4n) is 3.97. The Hall–Kier alpha value is -2.36. The predicted octanol–water partition coefficient (Wildman–Crippen LogP) is 4.22. The van der Waals surface area contributed by atoms with Gasteiger partial charge in [0.1, 0.15) is 5.82 Å². The van der Waals surface area contributed by atoms with Crippen LogP contribution in [-0.4, -0.2) is 10.5 Å². The van der Waals surface area contributed by atoms with Crippen LogP contribution in [0.15, 0.2) is 36.4 Å². The molecule has 3 aromatic rings. The largest absolute Gasteiger partial charge is 0.366 e. The monoisotopic (exact) mass is 310 g/mol. The number of carbonyl (C=O) groups is 1. The molecule has 1 amide bonds. The molecule has 1 fully saturated rings. The first kappa shape index (κ1) is 14.2. The van der Waals surface area contributed by atoms with Gasteiger partial charge in [-0.15, -0.1) is 0 Å². The Morgan fingerprint density at radius 2 is 1.96 bits per heavy atom. The molecule has 1 saturated carbocycles. The van der Waals surface area contributed by atoms with Gasteiger partial charge in [0, 0.05) is 28.4 Å². The second-order valence-corrected chi connectivity index (χ2v) is 6.49. The van der Waals surface area contributed by atoms with Crippen LogP contribution in [0.5, 0.6) is 0 Å². The second-order valence-electron chi connectivity index (χ2n) is 6.49. The van der Waals surface area contributed by atoms with Gasteiger partial charge < -0.3 is 10.3 Å². The van der Waals surface area contributed by atoms with Crippen molar-refractivity contribution in [3.63, 3.8) is 0 Å². The van der Waals surface area contributed by atoms with Crippen LogP contribution in [-0.2, 0) is 6.54 Å². The van der Waals surface area contributed by atoms with Crippen LogP contribution in [0.25, 0.3) is 21.8 Å². The maximum atomic E-state index is 13.8. The third-order valence-corrected chi connectivity index (χ3v) is 5.03. The van der Waals surface area contributed by atoms with Gasteiger partial charge in [0.25, 0.3) is 0 Å². The predicted molar refractivity (Wildman–Crippen MR) is 89.9 cm³/mol. The Morgan fingerprint density at radius 3 is 2.70 bits per heavy atom. The Kier molecular flexibility index (Phi) is 3.33. The lowest BCUT2D eigenvalue weighted by atomic mass is 10.1. The van der Waals surface area contributed by atoms with E-state index in [0.29, 0.717) is 11.5 Å². The first-order valence-corrected chi connectivity index (χ1v) is 8.15. The lowest BCUT2D eigenvalue weighted by molar-refractivity contribution is 0.100. The molecular weight excluding hydrogens is 291 g/mol. The highest BCUT2D eigenvalue weighted by Crippen LogP contribution is 2.35. The number of aromatic nitrogens is 1. The number of fused-ring (bicyclic) bond motifs is 3. The van der Waals surface area contributed by atoms with Crippen LogP contribution in [0.1, 0.15) is 36.0 Å². The zero-order valence-corrected chi connectivity index (χ0v) is 12.9. The summed E-state index contributed by atoms with van der Waals surface area (Å²) in [5.74, 6) is -0.0808. The first-order valence-electron chi connectivity index (χ1n) is 8.15. The minimum Gasteiger partial charge on any atom is -0.366 e. The number of rotatable bonds is 3. The number of primary amides is 1. The smallest absolute Gasteiger partial charge is 0.249 e. The standard InChI is InChI=1S/C19H19FN2O/c20-13-8-9-14-17(10-13)22(11-12-4-1-2-5-12)16-7-3-6-15(18(14)16)19(21)23/h3,6-10,12H,1-2,4-5,11H2,(H2,21,23). The number of nitrogens with two attached hydrogens (primary N) is 1. The van der Waals surface area contributed by atoms with Crippen LogP contribution in [0, 0.1) is 11.7 Å². The van der Waals surface area contributed by atoms with Crippen molar-refractivity contribution in [1.82, 2.24) is 4.57 Å². The number of hydrogen-bond acceptors (Lipinski definition) is 1. The van der Waals surface area contributed by atoms with Crippen LogP contribution >= 0.6 is 0 Å². The normalized spacial score (nSPS) is 15.7. The van der Waals surface area contributed by atoms with Crippen LogP contribution in [0.2, 0.25) is 0 Å². The Balaban J connectivity index is 2.02. The summed E-state index contributed by atoms with van der Waals surface area (Å²) in [5, 5.41) is 1.74. The van der Waals surface area contributed by atoms with Gasteiger partial charge in [0.15, 0.2) is 0 Å². The summed E-state index contributed by atoms with van der Waals surface area (Å²) in [6, 6.07) is 10.4. The molecule has 1 aromatic heterocycles. The van der Waals surface area contributed by atoms with Crippen LogP contribution in [0.3, 0.4) is 0 Å². The molecule has 0 atom stereocenters. The fourth-order valence-corrected chi connectivity index (χ4v) is 3.97. The third-order valence-electron chi connectivity index (χ3n) is 5.03. The SMILES string of the molecule is NC(=O)c1cccc2c1c1ccc(F)cc1n2CC1CCCC1. The summed E-state index contributed by atoms with van der Waals surface area (Å²) >= 11 is 0. The molecular formula is C19H19FN2O. The minimum absolute atomic E-state index is 0.256. The highest BCUT2D eigenvalue weighted by molar-refractivity contribution is 6.17. The second kappa shape index (κ2) is 5.37. The highest BCUT2D eigenvalue weighted by atomic mass is 19.1. The van der Waals surface area contributed by atoms with Crippen molar-refractivity contribution in [2.45, 2.75) is 32.2 Å². The number of hydrogen-bond donors (Lipinski definition) is 1. The van der Waals surface area contributed by atoms with Gasteiger partial charge in [-0.3, -0.25) is 4.79 Å². The number of halogens is 1. The highest BCUT2D eigenvalue weighted by Gasteiger charge is 2.21. The zero-order valence-electron chi connectivity index (χ0n) is 12.9. The van der Waals surface area contributed by atoms with Crippen molar-refractivity contribution in [2.75, 3.05) is 0 Å². The van der Waals surface area contributed by atoms with Crippen molar-refractivity contribution in [2.24, 2.45) is 11.7 Å².